The average Bonchev–Trinajstić information content (AvgIpc) is 3.26. The Morgan fingerprint density at radius 2 is 2.29 bits per heavy atom. The van der Waals surface area contributed by atoms with Crippen molar-refractivity contribution < 1.29 is 28.9 Å². The number of thiazole rings is 1. The molecule has 178 valence electrons. The molecule has 0 spiro atoms. The van der Waals surface area contributed by atoms with Gasteiger partial charge in [0.25, 0.3) is 11.8 Å². The van der Waals surface area contributed by atoms with Gasteiger partial charge in [0.15, 0.2) is 29.8 Å². The highest BCUT2D eigenvalue weighted by Gasteiger charge is 2.53. The summed E-state index contributed by atoms with van der Waals surface area (Å²) in [6, 6.07) is 2.90. The summed E-state index contributed by atoms with van der Waals surface area (Å²) >= 11 is 4.07. The average molecular weight is 521 g/mol. The smallest absolute Gasteiger partial charge is 0.276 e. The number of β-lactam (4-membered cyclic amide) rings is 1. The summed E-state index contributed by atoms with van der Waals surface area (Å²) in [5.41, 5.74) is 6.12. The van der Waals surface area contributed by atoms with Crippen molar-refractivity contribution in [3.05, 3.63) is 46.9 Å². The van der Waals surface area contributed by atoms with Crippen LogP contribution >= 0.6 is 34.9 Å². The molecule has 0 saturated carbocycles. The highest BCUT2D eigenvalue weighted by Crippen LogP contribution is 2.40. The largest absolute Gasteiger partial charge is 0.543 e. The van der Waals surface area contributed by atoms with E-state index in [1.54, 1.807) is 17.1 Å². The Kier molecular flexibility index (Phi) is 7.09. The Balaban J connectivity index is 1.53. The van der Waals surface area contributed by atoms with Crippen LogP contribution in [0.25, 0.3) is 0 Å². The number of hydrogen-bond donors (Lipinski definition) is 2. The quantitative estimate of drug-likeness (QED) is 0.150. The van der Waals surface area contributed by atoms with Crippen LogP contribution in [0.5, 0.6) is 0 Å². The van der Waals surface area contributed by atoms with Crippen molar-refractivity contribution in [2.45, 2.75) is 22.9 Å². The second-order valence-corrected chi connectivity index (χ2v) is 10.1. The second-order valence-electron chi connectivity index (χ2n) is 7.21. The lowest BCUT2D eigenvalue weighted by Crippen LogP contribution is -2.71. The minimum atomic E-state index is -1.43. The molecule has 2 aliphatic rings. The number of carbonyl (C=O) groups is 3. The molecule has 4 rings (SSSR count). The van der Waals surface area contributed by atoms with Gasteiger partial charge >= 0.3 is 0 Å². The van der Waals surface area contributed by atoms with Crippen molar-refractivity contribution in [1.29, 1.82) is 0 Å². The minimum Gasteiger partial charge on any atom is -0.543 e. The molecule has 0 radical (unpaired) electrons. The first-order valence-electron chi connectivity index (χ1n) is 9.88. The van der Waals surface area contributed by atoms with Gasteiger partial charge in [-0.1, -0.05) is 5.16 Å². The zero-order valence-electron chi connectivity index (χ0n) is 18.1. The third-order valence-corrected chi connectivity index (χ3v) is 7.86. The van der Waals surface area contributed by atoms with Crippen molar-refractivity contribution in [3.8, 4) is 0 Å². The number of hydrogen-bond acceptors (Lipinski definition) is 11. The molecule has 2 aromatic heterocycles. The van der Waals surface area contributed by atoms with E-state index in [-0.39, 0.29) is 22.2 Å². The lowest BCUT2D eigenvalue weighted by Gasteiger charge is -2.50. The van der Waals surface area contributed by atoms with E-state index in [4.69, 9.17) is 10.6 Å². The molecule has 1 saturated heterocycles. The summed E-state index contributed by atoms with van der Waals surface area (Å²) in [6.07, 6.45) is 5.69. The van der Waals surface area contributed by atoms with Gasteiger partial charge in [0, 0.05) is 22.8 Å². The van der Waals surface area contributed by atoms with Crippen molar-refractivity contribution in [2.75, 3.05) is 24.9 Å². The molecule has 4 heterocycles. The molecule has 14 heteroatoms. The molecule has 0 bridgehead atoms. The zero-order chi connectivity index (χ0) is 24.4. The zero-order valence-corrected chi connectivity index (χ0v) is 20.5. The van der Waals surface area contributed by atoms with E-state index >= 15 is 0 Å². The first-order valence-corrected chi connectivity index (χ1v) is 13.0. The Morgan fingerprint density at radius 3 is 2.94 bits per heavy atom. The number of carbonyl (C=O) groups excluding carboxylic acids is 3. The van der Waals surface area contributed by atoms with Crippen LogP contribution in [-0.2, 0) is 25.8 Å². The summed E-state index contributed by atoms with van der Waals surface area (Å²) < 4.78 is 1.86. The van der Waals surface area contributed by atoms with E-state index < -0.39 is 29.2 Å². The molecule has 0 unspecified atom stereocenters. The van der Waals surface area contributed by atoms with E-state index in [1.807, 2.05) is 35.3 Å². The summed E-state index contributed by atoms with van der Waals surface area (Å²) in [7, 11) is 1.28. The van der Waals surface area contributed by atoms with Gasteiger partial charge in [0.05, 0.1) is 16.6 Å². The van der Waals surface area contributed by atoms with Crippen molar-refractivity contribution >= 4 is 63.5 Å². The molecule has 3 N–H and O–H groups in total. The highest BCUT2D eigenvalue weighted by atomic mass is 32.2. The Bertz CT molecular complexity index is 1210. The van der Waals surface area contributed by atoms with Crippen LogP contribution in [0.3, 0.4) is 0 Å². The number of thioether (sulfide) groups is 2. The predicted molar refractivity (Wildman–Crippen MR) is 126 cm³/mol. The monoisotopic (exact) mass is 520 g/mol. The lowest BCUT2D eigenvalue weighted by atomic mass is 10.0. The summed E-state index contributed by atoms with van der Waals surface area (Å²) in [5, 5.41) is 19.5. The van der Waals surface area contributed by atoms with Gasteiger partial charge in [-0.15, -0.1) is 34.9 Å². The van der Waals surface area contributed by atoms with Crippen molar-refractivity contribution in [1.82, 2.24) is 15.2 Å². The maximum atomic E-state index is 12.9. The molecule has 0 aliphatic carbocycles. The molecule has 34 heavy (non-hydrogen) atoms. The Morgan fingerprint density at radius 1 is 1.50 bits per heavy atom. The van der Waals surface area contributed by atoms with Crippen LogP contribution in [-0.4, -0.2) is 63.9 Å². The molecular weight excluding hydrogens is 500 g/mol. The summed E-state index contributed by atoms with van der Waals surface area (Å²) in [6.45, 7) is 0.300. The van der Waals surface area contributed by atoms with E-state index in [0.717, 1.165) is 16.2 Å². The van der Waals surface area contributed by atoms with Crippen molar-refractivity contribution in [2.24, 2.45) is 5.16 Å². The first-order chi connectivity index (χ1) is 16.3. The SMILES string of the molecule is CO/N=C(\C(=O)N[C@@H]1C(=O)N2C(C(=O)[O-])=C(C[n+]3cccc(SC)c3)CS[C@H]12)c1csc(N)n1. The number of nitrogens with one attached hydrogen (secondary N) is 1. The van der Waals surface area contributed by atoms with Crippen LogP contribution in [0.15, 0.2) is 51.2 Å². The normalized spacial score (nSPS) is 20.0. The number of aromatic nitrogens is 2. The number of nitrogen functional groups attached to an aromatic ring is 1. The molecule has 2 atom stereocenters. The van der Waals surface area contributed by atoms with E-state index in [0.29, 0.717) is 17.9 Å². The predicted octanol–water partition coefficient (Wildman–Crippen LogP) is -0.811. The number of rotatable bonds is 8. The van der Waals surface area contributed by atoms with Crippen LogP contribution in [0.1, 0.15) is 5.69 Å². The van der Waals surface area contributed by atoms with Gasteiger partial charge in [-0.05, 0) is 12.3 Å². The number of anilines is 1. The summed E-state index contributed by atoms with van der Waals surface area (Å²) in [4.78, 5) is 48.7. The number of nitrogens with zero attached hydrogens (tertiary/aromatic N) is 4. The second kappa shape index (κ2) is 10.0. The first kappa shape index (κ1) is 24.0. The summed E-state index contributed by atoms with van der Waals surface area (Å²) in [5.74, 6) is -2.29. The molecule has 2 aliphatic heterocycles. The van der Waals surface area contributed by atoms with Gasteiger partial charge in [0.2, 0.25) is 0 Å². The van der Waals surface area contributed by atoms with E-state index in [9.17, 15) is 19.5 Å². The third kappa shape index (κ3) is 4.60. The van der Waals surface area contributed by atoms with Gasteiger partial charge in [0.1, 0.15) is 24.2 Å². The Labute approximate surface area is 207 Å². The van der Waals surface area contributed by atoms with Gasteiger partial charge in [-0.3, -0.25) is 14.5 Å². The van der Waals surface area contributed by atoms with E-state index in [1.165, 1.54) is 23.8 Å². The van der Waals surface area contributed by atoms with Gasteiger partial charge in [-0.25, -0.2) is 4.98 Å². The van der Waals surface area contributed by atoms with Crippen LogP contribution in [0.2, 0.25) is 0 Å². The molecule has 1 fully saturated rings. The number of pyridine rings is 1. The van der Waals surface area contributed by atoms with Crippen LogP contribution in [0.4, 0.5) is 5.13 Å². The molecule has 11 nitrogen and oxygen atoms in total. The number of fused-ring (bicyclic) bond motifs is 1. The van der Waals surface area contributed by atoms with Gasteiger partial charge in [-0.2, -0.15) is 4.57 Å². The van der Waals surface area contributed by atoms with Gasteiger partial charge < -0.3 is 25.8 Å². The van der Waals surface area contributed by atoms with Crippen LogP contribution < -0.4 is 20.7 Å². The number of oxime groups is 1. The molecule has 0 aromatic carbocycles. The number of aliphatic carboxylic acids is 1. The number of carboxylic acids is 1. The molecule has 2 aromatic rings. The van der Waals surface area contributed by atoms with Crippen LogP contribution in [0, 0.1) is 0 Å². The minimum absolute atomic E-state index is 0.135. The fourth-order valence-corrected chi connectivity index (χ4v) is 5.97. The number of nitrogens with two attached hydrogens (primary N) is 1. The topological polar surface area (TPSA) is 154 Å². The van der Waals surface area contributed by atoms with Crippen molar-refractivity contribution in [3.63, 3.8) is 0 Å². The Hall–Kier alpha value is -3.10. The maximum absolute atomic E-state index is 12.9. The maximum Gasteiger partial charge on any atom is 0.276 e. The fourth-order valence-electron chi connectivity index (χ4n) is 3.63. The molecular formula is C20H20N6O5S3. The fraction of sp³-hybridized carbons (Fsp3) is 0.300. The number of amides is 2. The lowest BCUT2D eigenvalue weighted by molar-refractivity contribution is -0.690. The standard InChI is InChI=1S/C20H20N6O5S3/c1-31-24-13(12-9-34-20(21)22-12)16(27)23-14-17(28)26-15(19(29)30)10(8-33-18(14)26)6-25-5-3-4-11(7-25)32-2/h3-5,7,9,14,18H,6,8H2,1-2H3,(H3-,21,22,23,27,29,30)/b24-13-/t14-,18-/m1/s1. The highest BCUT2D eigenvalue weighted by molar-refractivity contribution is 8.00. The molecule has 2 amide bonds. The number of carboxylic acid groups (broad SMARTS) is 1. The van der Waals surface area contributed by atoms with E-state index in [2.05, 4.69) is 15.5 Å². The third-order valence-electron chi connectivity index (χ3n) is 5.13.